The van der Waals surface area contributed by atoms with Gasteiger partial charge in [-0.1, -0.05) is 12.1 Å². The maximum absolute atomic E-state index is 12.0. The standard InChI is InChI=1S/C21H24N2O4/c1-15-5-6-16(12-19(15)26-2)13-22-20(24)14-27-18-9-7-17(8-10-18)23-11-3-4-21(23)25/h5-10,12H,3-4,11,13-14H2,1-2H3,(H,22,24). The average Bonchev–Trinajstić information content (AvgIpc) is 3.12. The minimum absolute atomic E-state index is 0.0645. The molecule has 0 spiro atoms. The lowest BCUT2D eigenvalue weighted by atomic mass is 10.1. The van der Waals surface area contributed by atoms with Gasteiger partial charge in [-0.15, -0.1) is 0 Å². The average molecular weight is 368 g/mol. The second-order valence-electron chi connectivity index (χ2n) is 6.51. The molecule has 27 heavy (non-hydrogen) atoms. The van der Waals surface area contributed by atoms with Crippen molar-refractivity contribution in [3.8, 4) is 11.5 Å². The highest BCUT2D eigenvalue weighted by molar-refractivity contribution is 5.95. The van der Waals surface area contributed by atoms with Gasteiger partial charge >= 0.3 is 0 Å². The fourth-order valence-corrected chi connectivity index (χ4v) is 3.02. The van der Waals surface area contributed by atoms with Crippen LogP contribution in [-0.4, -0.2) is 32.1 Å². The third kappa shape index (κ3) is 4.78. The summed E-state index contributed by atoms with van der Waals surface area (Å²) in [5.41, 5.74) is 2.88. The molecule has 1 aliphatic rings. The van der Waals surface area contributed by atoms with Crippen molar-refractivity contribution in [2.45, 2.75) is 26.3 Å². The van der Waals surface area contributed by atoms with E-state index in [2.05, 4.69) is 5.32 Å². The lowest BCUT2D eigenvalue weighted by Crippen LogP contribution is -2.28. The number of benzene rings is 2. The van der Waals surface area contributed by atoms with E-state index in [1.807, 2.05) is 37.3 Å². The number of hydrogen-bond acceptors (Lipinski definition) is 4. The zero-order chi connectivity index (χ0) is 19.2. The fourth-order valence-electron chi connectivity index (χ4n) is 3.02. The topological polar surface area (TPSA) is 67.9 Å². The fraction of sp³-hybridized carbons (Fsp3) is 0.333. The van der Waals surface area contributed by atoms with E-state index < -0.39 is 0 Å². The van der Waals surface area contributed by atoms with Gasteiger partial charge in [-0.2, -0.15) is 0 Å². The lowest BCUT2D eigenvalue weighted by Gasteiger charge is -2.16. The molecule has 1 heterocycles. The molecule has 0 atom stereocenters. The molecule has 3 rings (SSSR count). The van der Waals surface area contributed by atoms with Crippen molar-refractivity contribution in [1.82, 2.24) is 5.32 Å². The predicted octanol–water partition coefficient (Wildman–Crippen LogP) is 2.83. The Balaban J connectivity index is 1.47. The minimum Gasteiger partial charge on any atom is -0.496 e. The Morgan fingerprint density at radius 3 is 2.63 bits per heavy atom. The summed E-state index contributed by atoms with van der Waals surface area (Å²) < 4.78 is 10.8. The first-order valence-electron chi connectivity index (χ1n) is 9.00. The highest BCUT2D eigenvalue weighted by Gasteiger charge is 2.21. The number of hydrogen-bond donors (Lipinski definition) is 1. The SMILES string of the molecule is COc1cc(CNC(=O)COc2ccc(N3CCCC3=O)cc2)ccc1C. The number of aryl methyl sites for hydroxylation is 1. The van der Waals surface area contributed by atoms with E-state index in [1.54, 1.807) is 24.1 Å². The smallest absolute Gasteiger partial charge is 0.258 e. The Morgan fingerprint density at radius 2 is 1.96 bits per heavy atom. The van der Waals surface area contributed by atoms with E-state index in [-0.39, 0.29) is 18.4 Å². The first-order valence-corrected chi connectivity index (χ1v) is 9.00. The van der Waals surface area contributed by atoms with Crippen molar-refractivity contribution < 1.29 is 19.1 Å². The number of rotatable bonds is 7. The Morgan fingerprint density at radius 1 is 1.19 bits per heavy atom. The van der Waals surface area contributed by atoms with E-state index in [4.69, 9.17) is 9.47 Å². The van der Waals surface area contributed by atoms with Crippen LogP contribution in [0.15, 0.2) is 42.5 Å². The number of nitrogens with zero attached hydrogens (tertiary/aromatic N) is 1. The number of nitrogens with one attached hydrogen (secondary N) is 1. The van der Waals surface area contributed by atoms with Gasteiger partial charge in [0.25, 0.3) is 5.91 Å². The molecule has 2 amide bonds. The van der Waals surface area contributed by atoms with Crippen LogP contribution in [0.2, 0.25) is 0 Å². The molecule has 1 N–H and O–H groups in total. The number of amides is 2. The first-order chi connectivity index (χ1) is 13.1. The molecule has 0 bridgehead atoms. The quantitative estimate of drug-likeness (QED) is 0.816. The molecule has 0 aromatic heterocycles. The Hall–Kier alpha value is -3.02. The molecule has 1 fully saturated rings. The van der Waals surface area contributed by atoms with E-state index >= 15 is 0 Å². The molecule has 142 valence electrons. The molecule has 0 saturated carbocycles. The molecule has 2 aromatic rings. The first kappa shape index (κ1) is 18.8. The van der Waals surface area contributed by atoms with E-state index in [0.717, 1.165) is 35.5 Å². The van der Waals surface area contributed by atoms with E-state index in [0.29, 0.717) is 18.7 Å². The van der Waals surface area contributed by atoms with Gasteiger partial charge in [-0.05, 0) is 54.8 Å². The zero-order valence-corrected chi connectivity index (χ0v) is 15.7. The van der Waals surface area contributed by atoms with Gasteiger partial charge in [-0.25, -0.2) is 0 Å². The summed E-state index contributed by atoms with van der Waals surface area (Å²) in [7, 11) is 1.63. The van der Waals surface area contributed by atoms with Crippen LogP contribution in [0.4, 0.5) is 5.69 Å². The van der Waals surface area contributed by atoms with Crippen molar-refractivity contribution in [2.75, 3.05) is 25.2 Å². The van der Waals surface area contributed by atoms with Crippen LogP contribution in [-0.2, 0) is 16.1 Å². The van der Waals surface area contributed by atoms with Gasteiger partial charge in [0, 0.05) is 25.2 Å². The third-order valence-corrected chi connectivity index (χ3v) is 4.55. The van der Waals surface area contributed by atoms with Crippen molar-refractivity contribution in [3.63, 3.8) is 0 Å². The van der Waals surface area contributed by atoms with Crippen LogP contribution >= 0.6 is 0 Å². The summed E-state index contributed by atoms with van der Waals surface area (Å²) in [6.07, 6.45) is 1.50. The molecule has 0 unspecified atom stereocenters. The molecule has 0 aliphatic carbocycles. The summed E-state index contributed by atoms with van der Waals surface area (Å²) in [4.78, 5) is 25.5. The number of methoxy groups -OCH3 is 1. The van der Waals surface area contributed by atoms with Gasteiger partial charge in [0.15, 0.2) is 6.61 Å². The van der Waals surface area contributed by atoms with Gasteiger partial charge in [0.1, 0.15) is 11.5 Å². The number of carbonyl (C=O) groups is 2. The summed E-state index contributed by atoms with van der Waals surface area (Å²) in [5, 5.41) is 2.83. The van der Waals surface area contributed by atoms with Gasteiger partial charge in [0.05, 0.1) is 7.11 Å². The van der Waals surface area contributed by atoms with Crippen LogP contribution in [0.1, 0.15) is 24.0 Å². The third-order valence-electron chi connectivity index (χ3n) is 4.55. The molecule has 1 aliphatic heterocycles. The minimum atomic E-state index is -0.201. The van der Waals surface area contributed by atoms with Crippen LogP contribution in [0.25, 0.3) is 0 Å². The molecule has 2 aromatic carbocycles. The second kappa shape index (κ2) is 8.58. The second-order valence-corrected chi connectivity index (χ2v) is 6.51. The highest BCUT2D eigenvalue weighted by atomic mass is 16.5. The zero-order valence-electron chi connectivity index (χ0n) is 15.7. The molecule has 1 saturated heterocycles. The highest BCUT2D eigenvalue weighted by Crippen LogP contribution is 2.24. The summed E-state index contributed by atoms with van der Waals surface area (Å²) in [6, 6.07) is 13.1. The molecular weight excluding hydrogens is 344 g/mol. The van der Waals surface area contributed by atoms with Crippen LogP contribution in [0, 0.1) is 6.92 Å². The molecule has 6 nitrogen and oxygen atoms in total. The van der Waals surface area contributed by atoms with E-state index in [1.165, 1.54) is 0 Å². The maximum Gasteiger partial charge on any atom is 0.258 e. The molecule has 6 heteroatoms. The molecular formula is C21H24N2O4. The van der Waals surface area contributed by atoms with Crippen molar-refractivity contribution in [2.24, 2.45) is 0 Å². The van der Waals surface area contributed by atoms with Gasteiger partial charge < -0.3 is 19.7 Å². The van der Waals surface area contributed by atoms with Crippen LogP contribution < -0.4 is 19.7 Å². The number of carbonyl (C=O) groups excluding carboxylic acids is 2. The summed E-state index contributed by atoms with van der Waals surface area (Å²) >= 11 is 0. The van der Waals surface area contributed by atoms with Crippen molar-refractivity contribution in [3.05, 3.63) is 53.6 Å². The number of anilines is 1. The van der Waals surface area contributed by atoms with Crippen LogP contribution in [0.3, 0.4) is 0 Å². The van der Waals surface area contributed by atoms with E-state index in [9.17, 15) is 9.59 Å². The van der Waals surface area contributed by atoms with Crippen molar-refractivity contribution in [1.29, 1.82) is 0 Å². The summed E-state index contributed by atoms with van der Waals surface area (Å²) in [5.74, 6) is 1.34. The predicted molar refractivity (Wildman–Crippen MR) is 103 cm³/mol. The number of ether oxygens (including phenoxy) is 2. The van der Waals surface area contributed by atoms with Gasteiger partial charge in [0.2, 0.25) is 5.91 Å². The van der Waals surface area contributed by atoms with Gasteiger partial charge in [-0.3, -0.25) is 9.59 Å². The largest absolute Gasteiger partial charge is 0.496 e. The Bertz CT molecular complexity index is 817. The lowest BCUT2D eigenvalue weighted by molar-refractivity contribution is -0.123. The molecule has 0 radical (unpaired) electrons. The monoisotopic (exact) mass is 368 g/mol. The summed E-state index contributed by atoms with van der Waals surface area (Å²) in [6.45, 7) is 3.07. The van der Waals surface area contributed by atoms with Crippen molar-refractivity contribution >= 4 is 17.5 Å². The van der Waals surface area contributed by atoms with Crippen LogP contribution in [0.5, 0.6) is 11.5 Å². The maximum atomic E-state index is 12.0. The Kier molecular flexibility index (Phi) is 5.96. The normalized spacial score (nSPS) is 13.6. The Labute approximate surface area is 159 Å².